The molecule has 0 aliphatic heterocycles. The Hall–Kier alpha value is -4.04. The Balaban J connectivity index is 3.09. The minimum Gasteiger partial charge on any atom is -0.481 e. The van der Waals surface area contributed by atoms with Gasteiger partial charge in [-0.1, -0.05) is 30.3 Å². The van der Waals surface area contributed by atoms with Gasteiger partial charge in [-0.3, -0.25) is 24.0 Å². The fraction of sp³-hybridized carbons (Fsp3) is 0.520. The quantitative estimate of drug-likeness (QED) is 0.0910. The zero-order valence-corrected chi connectivity index (χ0v) is 21.6. The zero-order chi connectivity index (χ0) is 29.4. The van der Waals surface area contributed by atoms with Crippen LogP contribution in [0, 0.1) is 0 Å². The number of carbonyl (C=O) groups is 6. The monoisotopic (exact) mass is 550 g/mol. The van der Waals surface area contributed by atoms with Gasteiger partial charge < -0.3 is 43.4 Å². The molecule has 14 heteroatoms. The SMILES string of the molecule is NCCCCC(NC(=O)C(CCC(N)=O)NC(=O)C(Cc1ccccc1)NC(=O)C(N)CCC(=O)O)C(=O)O. The number of carboxylic acid groups (broad SMARTS) is 2. The summed E-state index contributed by atoms with van der Waals surface area (Å²) in [4.78, 5) is 72.7. The van der Waals surface area contributed by atoms with E-state index in [0.717, 1.165) is 0 Å². The van der Waals surface area contributed by atoms with Crippen molar-refractivity contribution in [2.24, 2.45) is 17.2 Å². The second kappa shape index (κ2) is 17.5. The Morgan fingerprint density at radius 1 is 0.744 bits per heavy atom. The molecule has 1 aromatic rings. The molecule has 0 spiro atoms. The van der Waals surface area contributed by atoms with Gasteiger partial charge in [0.25, 0.3) is 0 Å². The maximum absolute atomic E-state index is 13.3. The summed E-state index contributed by atoms with van der Waals surface area (Å²) in [7, 11) is 0. The van der Waals surface area contributed by atoms with Crippen molar-refractivity contribution in [2.75, 3.05) is 6.54 Å². The van der Waals surface area contributed by atoms with E-state index in [1.54, 1.807) is 30.3 Å². The molecule has 1 rings (SSSR count). The molecule has 0 aliphatic carbocycles. The standard InChI is InChI=1S/C25H38N6O8/c26-13-5-4-8-18(25(38)39)30-23(36)17(10-11-20(28)32)29-24(37)19(14-15-6-2-1-3-7-15)31-22(35)16(27)9-12-21(33)34/h1-3,6-7,16-19H,4-5,8-14,26-27H2,(H2,28,32)(H,29,37)(H,30,36)(H,31,35)(H,33,34)(H,38,39). The van der Waals surface area contributed by atoms with Crippen LogP contribution < -0.4 is 33.2 Å². The van der Waals surface area contributed by atoms with Crippen molar-refractivity contribution in [3.63, 3.8) is 0 Å². The first-order valence-corrected chi connectivity index (χ1v) is 12.6. The van der Waals surface area contributed by atoms with Crippen LogP contribution in [0.15, 0.2) is 30.3 Å². The average molecular weight is 551 g/mol. The minimum absolute atomic E-state index is 0.00502. The molecule has 216 valence electrons. The number of rotatable bonds is 19. The van der Waals surface area contributed by atoms with Gasteiger partial charge in [-0.2, -0.15) is 0 Å². The molecule has 0 aliphatic rings. The number of aliphatic carboxylic acids is 2. The number of nitrogens with two attached hydrogens (primary N) is 3. The highest BCUT2D eigenvalue weighted by Crippen LogP contribution is 2.08. The predicted molar refractivity (Wildman–Crippen MR) is 140 cm³/mol. The largest absolute Gasteiger partial charge is 0.481 e. The van der Waals surface area contributed by atoms with Crippen molar-refractivity contribution in [3.05, 3.63) is 35.9 Å². The number of hydrogen-bond donors (Lipinski definition) is 8. The van der Waals surface area contributed by atoms with Gasteiger partial charge in [0.2, 0.25) is 23.6 Å². The van der Waals surface area contributed by atoms with Crippen molar-refractivity contribution in [1.82, 2.24) is 16.0 Å². The van der Waals surface area contributed by atoms with Crippen molar-refractivity contribution >= 4 is 35.6 Å². The number of nitrogens with one attached hydrogen (secondary N) is 3. The van der Waals surface area contributed by atoms with Gasteiger partial charge in [0, 0.05) is 19.3 Å². The van der Waals surface area contributed by atoms with Crippen molar-refractivity contribution in [1.29, 1.82) is 0 Å². The van der Waals surface area contributed by atoms with Crippen LogP contribution >= 0.6 is 0 Å². The van der Waals surface area contributed by atoms with Gasteiger partial charge in [-0.25, -0.2) is 4.79 Å². The topological polar surface area (TPSA) is 257 Å². The second-order valence-corrected chi connectivity index (χ2v) is 9.04. The molecule has 4 unspecified atom stereocenters. The molecule has 14 nitrogen and oxygen atoms in total. The first-order chi connectivity index (χ1) is 18.4. The Morgan fingerprint density at radius 2 is 1.33 bits per heavy atom. The third kappa shape index (κ3) is 13.4. The molecule has 0 saturated heterocycles. The van der Waals surface area contributed by atoms with Crippen LogP contribution in [-0.4, -0.2) is 76.5 Å². The highest BCUT2D eigenvalue weighted by molar-refractivity contribution is 5.94. The van der Waals surface area contributed by atoms with Crippen LogP contribution in [-0.2, 0) is 35.2 Å². The second-order valence-electron chi connectivity index (χ2n) is 9.04. The van der Waals surface area contributed by atoms with E-state index in [2.05, 4.69) is 16.0 Å². The summed E-state index contributed by atoms with van der Waals surface area (Å²) in [5.41, 5.74) is 17.1. The number of amides is 4. The lowest BCUT2D eigenvalue weighted by atomic mass is 10.0. The van der Waals surface area contributed by atoms with Crippen molar-refractivity contribution < 1.29 is 39.0 Å². The lowest BCUT2D eigenvalue weighted by Crippen LogP contribution is -2.57. The van der Waals surface area contributed by atoms with Crippen molar-refractivity contribution in [2.45, 2.75) is 75.5 Å². The van der Waals surface area contributed by atoms with E-state index in [9.17, 15) is 33.9 Å². The van der Waals surface area contributed by atoms with Gasteiger partial charge in [0.1, 0.15) is 18.1 Å². The van der Waals surface area contributed by atoms with Crippen LogP contribution in [0.25, 0.3) is 0 Å². The number of carbonyl (C=O) groups excluding carboxylic acids is 4. The third-order valence-electron chi connectivity index (χ3n) is 5.80. The van der Waals surface area contributed by atoms with Crippen LogP contribution in [0.1, 0.15) is 50.5 Å². The minimum atomic E-state index is -1.34. The third-order valence-corrected chi connectivity index (χ3v) is 5.80. The molecule has 0 radical (unpaired) electrons. The van der Waals surface area contributed by atoms with Gasteiger partial charge in [-0.05, 0) is 44.2 Å². The summed E-state index contributed by atoms with van der Waals surface area (Å²) >= 11 is 0. The Bertz CT molecular complexity index is 990. The Morgan fingerprint density at radius 3 is 1.90 bits per heavy atom. The first-order valence-electron chi connectivity index (χ1n) is 12.6. The molecule has 0 saturated carbocycles. The fourth-order valence-corrected chi connectivity index (χ4v) is 3.60. The molecule has 39 heavy (non-hydrogen) atoms. The summed E-state index contributed by atoms with van der Waals surface area (Å²) in [5.74, 6) is -5.55. The number of hydrogen-bond acceptors (Lipinski definition) is 8. The molecule has 0 aromatic heterocycles. The molecule has 4 amide bonds. The summed E-state index contributed by atoms with van der Waals surface area (Å²) < 4.78 is 0. The van der Waals surface area contributed by atoms with Gasteiger partial charge in [0.15, 0.2) is 0 Å². The highest BCUT2D eigenvalue weighted by atomic mass is 16.4. The normalized spacial score (nSPS) is 13.8. The van der Waals surface area contributed by atoms with E-state index in [-0.39, 0.29) is 38.5 Å². The molecule has 0 fully saturated rings. The van der Waals surface area contributed by atoms with E-state index < -0.39 is 59.7 Å². The van der Waals surface area contributed by atoms with Crippen molar-refractivity contribution in [3.8, 4) is 0 Å². The lowest BCUT2D eigenvalue weighted by Gasteiger charge is -2.25. The maximum Gasteiger partial charge on any atom is 0.326 e. The smallest absolute Gasteiger partial charge is 0.326 e. The van der Waals surface area contributed by atoms with E-state index >= 15 is 0 Å². The molecule has 1 aromatic carbocycles. The van der Waals surface area contributed by atoms with Gasteiger partial charge in [-0.15, -0.1) is 0 Å². The lowest BCUT2D eigenvalue weighted by molar-refractivity contribution is -0.142. The summed E-state index contributed by atoms with van der Waals surface area (Å²) in [6, 6.07) is 3.64. The Kier molecular flexibility index (Phi) is 14.8. The van der Waals surface area contributed by atoms with E-state index in [1.165, 1.54) is 0 Å². The highest BCUT2D eigenvalue weighted by Gasteiger charge is 2.30. The zero-order valence-electron chi connectivity index (χ0n) is 21.6. The van der Waals surface area contributed by atoms with Crippen LogP contribution in [0.4, 0.5) is 0 Å². The fourth-order valence-electron chi connectivity index (χ4n) is 3.60. The van der Waals surface area contributed by atoms with E-state index in [1.807, 2.05) is 0 Å². The summed E-state index contributed by atoms with van der Waals surface area (Å²) in [6.45, 7) is 0.353. The number of unbranched alkanes of at least 4 members (excludes halogenated alkanes) is 1. The molecular weight excluding hydrogens is 512 g/mol. The number of primary amides is 1. The van der Waals surface area contributed by atoms with E-state index in [0.29, 0.717) is 24.9 Å². The average Bonchev–Trinajstić information content (AvgIpc) is 2.88. The summed E-state index contributed by atoms with van der Waals surface area (Å²) in [6.07, 6.45) is 0.100. The molecular formula is C25H38N6O8. The maximum atomic E-state index is 13.3. The molecule has 0 heterocycles. The molecule has 11 N–H and O–H groups in total. The van der Waals surface area contributed by atoms with Crippen LogP contribution in [0.2, 0.25) is 0 Å². The number of benzene rings is 1. The van der Waals surface area contributed by atoms with Gasteiger partial charge >= 0.3 is 11.9 Å². The first kappa shape index (κ1) is 33.0. The summed E-state index contributed by atoms with van der Waals surface area (Å²) in [5, 5.41) is 25.7. The van der Waals surface area contributed by atoms with Gasteiger partial charge in [0.05, 0.1) is 6.04 Å². The van der Waals surface area contributed by atoms with E-state index in [4.69, 9.17) is 22.3 Å². The Labute approximate surface area is 226 Å². The van der Waals surface area contributed by atoms with Crippen LogP contribution in [0.3, 0.4) is 0 Å². The molecule has 4 atom stereocenters. The molecule has 0 bridgehead atoms. The van der Waals surface area contributed by atoms with Crippen LogP contribution in [0.5, 0.6) is 0 Å². The number of carboxylic acids is 2. The predicted octanol–water partition coefficient (Wildman–Crippen LogP) is -1.65.